The molecule has 0 bridgehead atoms. The van der Waals surface area contributed by atoms with Crippen LogP contribution in [0.3, 0.4) is 0 Å². The second-order valence-electron chi connectivity index (χ2n) is 3.46. The molecule has 0 radical (unpaired) electrons. The summed E-state index contributed by atoms with van der Waals surface area (Å²) in [6.07, 6.45) is 1.27. The number of hydrogen-bond acceptors (Lipinski definition) is 4. The average Bonchev–Trinajstić information content (AvgIpc) is 2.69. The maximum atomic E-state index is 11.6. The highest BCUT2D eigenvalue weighted by Crippen LogP contribution is 2.12. The minimum absolute atomic E-state index is 0.0603. The van der Waals surface area contributed by atoms with Crippen LogP contribution in [0, 0.1) is 0 Å². The zero-order valence-corrected chi connectivity index (χ0v) is 10.6. The third-order valence-corrected chi connectivity index (χ3v) is 3.57. The van der Waals surface area contributed by atoms with E-state index in [4.69, 9.17) is 5.11 Å². The molecule has 1 aromatic rings. The molecular formula is C9H13N3O5S. The van der Waals surface area contributed by atoms with E-state index in [2.05, 4.69) is 10.0 Å². The maximum Gasteiger partial charge on any atom is 0.322 e. The molecule has 0 atom stereocenters. The Balaban J connectivity index is 2.99. The second kappa shape index (κ2) is 5.19. The quantitative estimate of drug-likeness (QED) is 0.620. The van der Waals surface area contributed by atoms with Gasteiger partial charge in [0.05, 0.1) is 0 Å². The molecule has 9 heteroatoms. The molecule has 1 heterocycles. The van der Waals surface area contributed by atoms with Crippen molar-refractivity contribution in [3.63, 3.8) is 0 Å². The first kappa shape index (κ1) is 14.2. The Morgan fingerprint density at radius 1 is 1.44 bits per heavy atom. The fourth-order valence-corrected chi connectivity index (χ4v) is 2.07. The van der Waals surface area contributed by atoms with Crippen molar-refractivity contribution in [2.24, 2.45) is 7.05 Å². The highest BCUT2D eigenvalue weighted by molar-refractivity contribution is 7.89. The Hall–Kier alpha value is -1.87. The highest BCUT2D eigenvalue weighted by atomic mass is 32.2. The number of aromatic nitrogens is 1. The van der Waals surface area contributed by atoms with Crippen LogP contribution in [0.15, 0.2) is 17.2 Å². The van der Waals surface area contributed by atoms with E-state index in [0.29, 0.717) is 0 Å². The summed E-state index contributed by atoms with van der Waals surface area (Å²) in [6, 6.07) is 1.17. The third kappa shape index (κ3) is 3.08. The number of sulfonamides is 1. The Morgan fingerprint density at radius 2 is 2.06 bits per heavy atom. The van der Waals surface area contributed by atoms with Crippen molar-refractivity contribution in [1.29, 1.82) is 0 Å². The number of nitrogens with one attached hydrogen (secondary N) is 2. The first-order valence-electron chi connectivity index (χ1n) is 4.88. The molecule has 0 fully saturated rings. The van der Waals surface area contributed by atoms with Gasteiger partial charge in [-0.3, -0.25) is 9.59 Å². The van der Waals surface area contributed by atoms with E-state index in [0.717, 1.165) is 0 Å². The minimum Gasteiger partial charge on any atom is -0.480 e. The van der Waals surface area contributed by atoms with Crippen molar-refractivity contribution >= 4 is 21.9 Å². The van der Waals surface area contributed by atoms with Gasteiger partial charge in [-0.1, -0.05) is 0 Å². The zero-order valence-electron chi connectivity index (χ0n) is 9.80. The number of aliphatic carboxylic acids is 1. The van der Waals surface area contributed by atoms with E-state index < -0.39 is 28.4 Å². The lowest BCUT2D eigenvalue weighted by Gasteiger charge is -2.02. The first-order valence-corrected chi connectivity index (χ1v) is 6.36. The molecule has 0 aliphatic carbocycles. The first-order chi connectivity index (χ1) is 8.27. The van der Waals surface area contributed by atoms with Gasteiger partial charge in [0.2, 0.25) is 10.0 Å². The molecule has 1 rings (SSSR count). The van der Waals surface area contributed by atoms with Crippen LogP contribution in [0.25, 0.3) is 0 Å². The lowest BCUT2D eigenvalue weighted by Crippen LogP contribution is -2.30. The van der Waals surface area contributed by atoms with Crippen molar-refractivity contribution in [2.75, 3.05) is 13.6 Å². The van der Waals surface area contributed by atoms with Gasteiger partial charge in [0.15, 0.2) is 0 Å². The highest BCUT2D eigenvalue weighted by Gasteiger charge is 2.19. The molecule has 100 valence electrons. The molecule has 0 unspecified atom stereocenters. The molecule has 1 aromatic heterocycles. The summed E-state index contributed by atoms with van der Waals surface area (Å²) in [5.74, 6) is -1.84. The van der Waals surface area contributed by atoms with Gasteiger partial charge in [0.1, 0.15) is 17.1 Å². The number of carboxylic acids is 1. The second-order valence-corrected chi connectivity index (χ2v) is 5.34. The van der Waals surface area contributed by atoms with Gasteiger partial charge in [-0.25, -0.2) is 13.1 Å². The van der Waals surface area contributed by atoms with Crippen LogP contribution >= 0.6 is 0 Å². The Kier molecular flexibility index (Phi) is 4.09. The Morgan fingerprint density at radius 3 is 2.56 bits per heavy atom. The van der Waals surface area contributed by atoms with Crippen LogP contribution < -0.4 is 10.0 Å². The number of hydrogen-bond donors (Lipinski definition) is 3. The van der Waals surface area contributed by atoms with E-state index >= 15 is 0 Å². The zero-order chi connectivity index (χ0) is 13.9. The normalized spacial score (nSPS) is 11.2. The van der Waals surface area contributed by atoms with Gasteiger partial charge in [-0.2, -0.15) is 0 Å². The summed E-state index contributed by atoms with van der Waals surface area (Å²) in [5, 5.41) is 10.6. The van der Waals surface area contributed by atoms with E-state index in [1.165, 1.54) is 30.9 Å². The fourth-order valence-electron chi connectivity index (χ4n) is 1.27. The number of nitrogens with zero attached hydrogens (tertiary/aromatic N) is 1. The number of aryl methyl sites for hydroxylation is 1. The van der Waals surface area contributed by atoms with E-state index in [1.54, 1.807) is 0 Å². The molecule has 0 saturated carbocycles. The predicted molar refractivity (Wildman–Crippen MR) is 61.6 cm³/mol. The molecule has 0 aliphatic rings. The number of carbonyl (C=O) groups excluding carboxylic acids is 1. The molecule has 1 amide bonds. The number of carbonyl (C=O) groups is 2. The van der Waals surface area contributed by atoms with Crippen molar-refractivity contribution in [3.05, 3.63) is 18.0 Å². The van der Waals surface area contributed by atoms with Gasteiger partial charge in [0.25, 0.3) is 5.91 Å². The average molecular weight is 275 g/mol. The third-order valence-electron chi connectivity index (χ3n) is 2.19. The molecule has 0 saturated heterocycles. The van der Waals surface area contributed by atoms with Crippen LogP contribution in [0.1, 0.15) is 10.5 Å². The smallest absolute Gasteiger partial charge is 0.322 e. The largest absolute Gasteiger partial charge is 0.480 e. The number of amides is 1. The topological polar surface area (TPSA) is 118 Å². The number of carboxylic acid groups (broad SMARTS) is 1. The summed E-state index contributed by atoms with van der Waals surface area (Å²) in [7, 11) is -0.885. The van der Waals surface area contributed by atoms with E-state index in [1.807, 2.05) is 0 Å². The number of rotatable bonds is 5. The molecule has 0 aromatic carbocycles. The van der Waals surface area contributed by atoms with E-state index in [9.17, 15) is 18.0 Å². The van der Waals surface area contributed by atoms with Gasteiger partial charge < -0.3 is 15.0 Å². The van der Waals surface area contributed by atoms with Crippen LogP contribution in [0.4, 0.5) is 0 Å². The van der Waals surface area contributed by atoms with Gasteiger partial charge >= 0.3 is 5.97 Å². The van der Waals surface area contributed by atoms with Crippen molar-refractivity contribution in [3.8, 4) is 0 Å². The van der Waals surface area contributed by atoms with Gasteiger partial charge in [-0.15, -0.1) is 0 Å². The summed E-state index contributed by atoms with van der Waals surface area (Å²) < 4.78 is 26.4. The fraction of sp³-hybridized carbons (Fsp3) is 0.333. The lowest BCUT2D eigenvalue weighted by atomic mass is 10.4. The van der Waals surface area contributed by atoms with Crippen molar-refractivity contribution < 1.29 is 23.1 Å². The van der Waals surface area contributed by atoms with Crippen LogP contribution in [0.5, 0.6) is 0 Å². The molecule has 3 N–H and O–H groups in total. The summed E-state index contributed by atoms with van der Waals surface area (Å²) in [5.41, 5.74) is 0.0603. The van der Waals surface area contributed by atoms with Crippen molar-refractivity contribution in [1.82, 2.24) is 14.6 Å². The van der Waals surface area contributed by atoms with Crippen LogP contribution in [-0.4, -0.2) is 43.6 Å². The summed E-state index contributed by atoms with van der Waals surface area (Å²) >= 11 is 0. The lowest BCUT2D eigenvalue weighted by molar-refractivity contribution is -0.135. The molecule has 0 aliphatic heterocycles. The Bertz CT molecular complexity index is 575. The minimum atomic E-state index is -3.63. The van der Waals surface area contributed by atoms with Gasteiger partial charge in [0, 0.05) is 13.2 Å². The predicted octanol–water partition coefficient (Wildman–Crippen LogP) is -1.25. The van der Waals surface area contributed by atoms with Crippen molar-refractivity contribution in [2.45, 2.75) is 4.90 Å². The monoisotopic (exact) mass is 275 g/mol. The van der Waals surface area contributed by atoms with Crippen LogP contribution in [0.2, 0.25) is 0 Å². The molecular weight excluding hydrogens is 262 g/mol. The Labute approximate surface area is 104 Å². The van der Waals surface area contributed by atoms with E-state index in [-0.39, 0.29) is 10.6 Å². The van der Waals surface area contributed by atoms with Crippen LogP contribution in [-0.2, 0) is 21.9 Å². The molecule has 0 spiro atoms. The molecule has 8 nitrogen and oxygen atoms in total. The summed E-state index contributed by atoms with van der Waals surface area (Å²) in [6.45, 7) is -0.530. The van der Waals surface area contributed by atoms with Gasteiger partial charge in [-0.05, 0) is 13.1 Å². The standard InChI is InChI=1S/C9H13N3O5S/c1-10-18(16,17)6-3-7(12(2)5-6)9(15)11-4-8(13)14/h3,5,10H,4H2,1-2H3,(H,11,15)(H,13,14). The molecule has 18 heavy (non-hydrogen) atoms. The maximum absolute atomic E-state index is 11.6. The summed E-state index contributed by atoms with van der Waals surface area (Å²) in [4.78, 5) is 21.8. The SMILES string of the molecule is CNS(=O)(=O)c1cc(C(=O)NCC(=O)O)n(C)c1.